The van der Waals surface area contributed by atoms with Gasteiger partial charge in [-0.2, -0.15) is 0 Å². The first kappa shape index (κ1) is 12.4. The molecular formula is C10H20O3. The van der Waals surface area contributed by atoms with Crippen molar-refractivity contribution in [2.75, 3.05) is 13.2 Å². The molecule has 0 aliphatic carbocycles. The number of carbonyl (C=O) groups excluding carboxylic acids is 1. The maximum absolute atomic E-state index is 11.2. The van der Waals surface area contributed by atoms with E-state index in [1.807, 2.05) is 34.6 Å². The number of hydrogen-bond acceptors (Lipinski definition) is 3. The Bertz CT molecular complexity index is 156. The fourth-order valence-corrected chi connectivity index (χ4v) is 0.635. The highest BCUT2D eigenvalue weighted by Crippen LogP contribution is 2.14. The Labute approximate surface area is 80.4 Å². The molecule has 0 saturated heterocycles. The van der Waals surface area contributed by atoms with Crippen molar-refractivity contribution in [1.82, 2.24) is 0 Å². The first-order chi connectivity index (χ1) is 5.84. The van der Waals surface area contributed by atoms with Gasteiger partial charge in [-0.1, -0.05) is 0 Å². The third-order valence-electron chi connectivity index (χ3n) is 1.38. The topological polar surface area (TPSA) is 35.5 Å². The van der Waals surface area contributed by atoms with Crippen LogP contribution in [0.1, 0.15) is 34.6 Å². The first-order valence-electron chi connectivity index (χ1n) is 4.63. The average Bonchev–Trinajstić information content (AvgIpc) is 1.95. The number of rotatable bonds is 4. The highest BCUT2D eigenvalue weighted by Gasteiger charge is 2.22. The maximum atomic E-state index is 11.2. The van der Waals surface area contributed by atoms with Gasteiger partial charge in [0, 0.05) is 0 Å². The molecule has 0 saturated carbocycles. The number of ether oxygens (including phenoxy) is 2. The molecule has 0 spiro atoms. The van der Waals surface area contributed by atoms with Gasteiger partial charge in [0.15, 0.2) is 0 Å². The van der Waals surface area contributed by atoms with Crippen molar-refractivity contribution < 1.29 is 14.3 Å². The molecule has 78 valence electrons. The molecule has 3 heteroatoms. The molecule has 3 nitrogen and oxygen atoms in total. The Balaban J connectivity index is 3.49. The minimum absolute atomic E-state index is 0.181. The highest BCUT2D eigenvalue weighted by molar-refractivity contribution is 5.75. The zero-order valence-electron chi connectivity index (χ0n) is 9.22. The van der Waals surface area contributed by atoms with E-state index in [1.54, 1.807) is 0 Å². The largest absolute Gasteiger partial charge is 0.463 e. The molecule has 0 aliphatic heterocycles. The zero-order valence-corrected chi connectivity index (χ0v) is 9.22. The van der Waals surface area contributed by atoms with Crippen molar-refractivity contribution >= 4 is 5.97 Å². The van der Waals surface area contributed by atoms with E-state index < -0.39 is 5.41 Å². The Morgan fingerprint density at radius 2 is 1.77 bits per heavy atom. The molecule has 0 aromatic heterocycles. The number of hydrogen-bond donors (Lipinski definition) is 0. The molecular weight excluding hydrogens is 168 g/mol. The van der Waals surface area contributed by atoms with Crippen LogP contribution in [0.3, 0.4) is 0 Å². The summed E-state index contributed by atoms with van der Waals surface area (Å²) in [6, 6.07) is 0. The highest BCUT2D eigenvalue weighted by atomic mass is 16.6. The van der Waals surface area contributed by atoms with E-state index in [9.17, 15) is 4.79 Å². The van der Waals surface area contributed by atoms with Crippen molar-refractivity contribution in [3.05, 3.63) is 0 Å². The van der Waals surface area contributed by atoms with Gasteiger partial charge in [0.05, 0.1) is 18.1 Å². The Kier molecular flexibility index (Phi) is 4.99. The van der Waals surface area contributed by atoms with Gasteiger partial charge in [0.2, 0.25) is 0 Å². The van der Waals surface area contributed by atoms with E-state index in [0.717, 1.165) is 0 Å². The monoisotopic (exact) mass is 188 g/mol. The van der Waals surface area contributed by atoms with Crippen LogP contribution in [-0.4, -0.2) is 25.3 Å². The van der Waals surface area contributed by atoms with Crippen LogP contribution in [0.15, 0.2) is 0 Å². The molecule has 0 radical (unpaired) electrons. The molecule has 0 aromatic rings. The second-order valence-electron chi connectivity index (χ2n) is 4.31. The molecule has 13 heavy (non-hydrogen) atoms. The van der Waals surface area contributed by atoms with Gasteiger partial charge in [-0.05, 0) is 34.6 Å². The van der Waals surface area contributed by atoms with Crippen LogP contribution < -0.4 is 0 Å². The van der Waals surface area contributed by atoms with Crippen molar-refractivity contribution in [3.8, 4) is 0 Å². The van der Waals surface area contributed by atoms with E-state index >= 15 is 0 Å². The van der Waals surface area contributed by atoms with E-state index in [-0.39, 0.29) is 12.1 Å². The maximum Gasteiger partial charge on any atom is 0.311 e. The molecule has 0 aliphatic rings. The molecule has 0 fully saturated rings. The summed E-state index contributed by atoms with van der Waals surface area (Å²) in [7, 11) is 0. The van der Waals surface area contributed by atoms with Crippen LogP contribution in [0.5, 0.6) is 0 Å². The predicted octanol–water partition coefficient (Wildman–Crippen LogP) is 2.00. The first-order valence-corrected chi connectivity index (χ1v) is 4.63. The minimum atomic E-state index is -0.419. The van der Waals surface area contributed by atoms with E-state index in [4.69, 9.17) is 9.47 Å². The lowest BCUT2D eigenvalue weighted by Crippen LogP contribution is -2.24. The fourth-order valence-electron chi connectivity index (χ4n) is 0.635. The zero-order chi connectivity index (χ0) is 10.5. The smallest absolute Gasteiger partial charge is 0.311 e. The van der Waals surface area contributed by atoms with Crippen molar-refractivity contribution in [1.29, 1.82) is 0 Å². The standard InChI is InChI=1S/C10H20O3/c1-8(2)12-6-7-13-9(11)10(3,4)5/h8H,6-7H2,1-5H3. The second-order valence-corrected chi connectivity index (χ2v) is 4.31. The van der Waals surface area contributed by atoms with Crippen LogP contribution in [0.2, 0.25) is 0 Å². The van der Waals surface area contributed by atoms with Crippen LogP contribution in [0, 0.1) is 5.41 Å². The van der Waals surface area contributed by atoms with Crippen LogP contribution in [-0.2, 0) is 14.3 Å². The van der Waals surface area contributed by atoms with Gasteiger partial charge in [-0.15, -0.1) is 0 Å². The lowest BCUT2D eigenvalue weighted by molar-refractivity contribution is -0.154. The quantitative estimate of drug-likeness (QED) is 0.500. The molecule has 0 heterocycles. The molecule has 0 unspecified atom stereocenters. The lowest BCUT2D eigenvalue weighted by Gasteiger charge is -2.16. The summed E-state index contributed by atoms with van der Waals surface area (Å²) in [6.45, 7) is 10.2. The third-order valence-corrected chi connectivity index (χ3v) is 1.38. The third kappa shape index (κ3) is 6.58. The van der Waals surface area contributed by atoms with Gasteiger partial charge in [-0.3, -0.25) is 4.79 Å². The molecule has 0 N–H and O–H groups in total. The van der Waals surface area contributed by atoms with Gasteiger partial charge in [-0.25, -0.2) is 0 Å². The van der Waals surface area contributed by atoms with Gasteiger partial charge < -0.3 is 9.47 Å². The van der Waals surface area contributed by atoms with Crippen molar-refractivity contribution in [2.24, 2.45) is 5.41 Å². The molecule has 0 amide bonds. The number of carbonyl (C=O) groups is 1. The van der Waals surface area contributed by atoms with Crippen LogP contribution >= 0.6 is 0 Å². The fraction of sp³-hybridized carbons (Fsp3) is 0.900. The molecule has 0 aromatic carbocycles. The molecule has 0 atom stereocenters. The predicted molar refractivity (Wildman–Crippen MR) is 51.5 cm³/mol. The summed E-state index contributed by atoms with van der Waals surface area (Å²) in [5.74, 6) is -0.181. The van der Waals surface area contributed by atoms with Crippen LogP contribution in [0.25, 0.3) is 0 Å². The van der Waals surface area contributed by atoms with Gasteiger partial charge in [0.1, 0.15) is 6.61 Å². The SMILES string of the molecule is CC(C)OCCOC(=O)C(C)(C)C. The van der Waals surface area contributed by atoms with Crippen LogP contribution in [0.4, 0.5) is 0 Å². The summed E-state index contributed by atoms with van der Waals surface area (Å²) in [5, 5.41) is 0. The molecule has 0 rings (SSSR count). The Morgan fingerprint density at radius 1 is 1.23 bits per heavy atom. The summed E-state index contributed by atoms with van der Waals surface area (Å²) >= 11 is 0. The van der Waals surface area contributed by atoms with E-state index in [2.05, 4.69) is 0 Å². The Hall–Kier alpha value is -0.570. The van der Waals surface area contributed by atoms with E-state index in [0.29, 0.717) is 13.2 Å². The summed E-state index contributed by atoms with van der Waals surface area (Å²) in [6.07, 6.45) is 0.188. The average molecular weight is 188 g/mol. The lowest BCUT2D eigenvalue weighted by atomic mass is 9.97. The van der Waals surface area contributed by atoms with Crippen molar-refractivity contribution in [3.63, 3.8) is 0 Å². The summed E-state index contributed by atoms with van der Waals surface area (Å²) < 4.78 is 10.2. The van der Waals surface area contributed by atoms with Gasteiger partial charge >= 0.3 is 5.97 Å². The summed E-state index contributed by atoms with van der Waals surface area (Å²) in [5.41, 5.74) is -0.419. The van der Waals surface area contributed by atoms with E-state index in [1.165, 1.54) is 0 Å². The van der Waals surface area contributed by atoms with Gasteiger partial charge in [0.25, 0.3) is 0 Å². The second kappa shape index (κ2) is 5.22. The number of esters is 1. The Morgan fingerprint density at radius 3 is 2.15 bits per heavy atom. The van der Waals surface area contributed by atoms with Crippen molar-refractivity contribution in [2.45, 2.75) is 40.7 Å². The molecule has 0 bridgehead atoms. The summed E-state index contributed by atoms with van der Waals surface area (Å²) in [4.78, 5) is 11.2. The minimum Gasteiger partial charge on any atom is -0.463 e. The normalized spacial score (nSPS) is 11.8.